The van der Waals surface area contributed by atoms with E-state index in [1.165, 1.54) is 31.3 Å². The van der Waals surface area contributed by atoms with E-state index < -0.39 is 0 Å². The van der Waals surface area contributed by atoms with E-state index in [2.05, 4.69) is 13.0 Å². The molecule has 0 saturated heterocycles. The van der Waals surface area contributed by atoms with E-state index in [1.807, 2.05) is 31.4 Å². The molecule has 1 aromatic rings. The number of methoxy groups -OCH3 is 1. The number of para-hydroxylation sites is 1. The minimum atomic E-state index is 0.259. The maximum absolute atomic E-state index is 5.66. The molecule has 0 aliphatic rings. The highest BCUT2D eigenvalue weighted by Gasteiger charge is 2.09. The number of hydrogen-bond donors (Lipinski definition) is 0. The molecule has 0 N–H and O–H groups in total. The molecule has 118 valence electrons. The zero-order chi connectivity index (χ0) is 15.3. The van der Waals surface area contributed by atoms with Gasteiger partial charge >= 0.3 is 0 Å². The minimum Gasteiger partial charge on any atom is -0.501 e. The number of benzene rings is 1. The van der Waals surface area contributed by atoms with Crippen LogP contribution >= 0.6 is 0 Å². The molecule has 3 nitrogen and oxygen atoms in total. The summed E-state index contributed by atoms with van der Waals surface area (Å²) in [5, 5.41) is 0. The van der Waals surface area contributed by atoms with Crippen molar-refractivity contribution >= 4 is 5.57 Å². The van der Waals surface area contributed by atoms with Crippen LogP contribution in [0.15, 0.2) is 30.5 Å². The SMILES string of the molecule is CCCCCC/C(=C\OCC)c1ccccc1OCOC. The van der Waals surface area contributed by atoms with E-state index in [-0.39, 0.29) is 6.79 Å². The van der Waals surface area contributed by atoms with Crippen molar-refractivity contribution in [3.63, 3.8) is 0 Å². The molecule has 21 heavy (non-hydrogen) atoms. The highest BCUT2D eigenvalue weighted by molar-refractivity contribution is 5.69. The second kappa shape index (κ2) is 11.2. The van der Waals surface area contributed by atoms with Crippen molar-refractivity contribution in [3.8, 4) is 5.75 Å². The molecule has 0 heterocycles. The highest BCUT2D eigenvalue weighted by Crippen LogP contribution is 2.30. The molecule has 0 unspecified atom stereocenters. The standard InChI is InChI=1S/C18H28O3/c1-4-6-7-8-11-16(14-20-5-2)17-12-9-10-13-18(17)21-15-19-3/h9-10,12-14H,4-8,11,15H2,1-3H3/b16-14+. The van der Waals surface area contributed by atoms with Crippen LogP contribution in [0.4, 0.5) is 0 Å². The number of unbranched alkanes of at least 4 members (excludes halogenated alkanes) is 3. The minimum absolute atomic E-state index is 0.259. The van der Waals surface area contributed by atoms with Gasteiger partial charge < -0.3 is 14.2 Å². The Morgan fingerprint density at radius 3 is 2.62 bits per heavy atom. The third-order valence-electron chi connectivity index (χ3n) is 3.26. The van der Waals surface area contributed by atoms with Gasteiger partial charge in [-0.15, -0.1) is 0 Å². The molecule has 0 saturated carbocycles. The van der Waals surface area contributed by atoms with E-state index in [1.54, 1.807) is 7.11 Å². The smallest absolute Gasteiger partial charge is 0.188 e. The lowest BCUT2D eigenvalue weighted by atomic mass is 9.99. The Kier molecular flexibility index (Phi) is 9.38. The van der Waals surface area contributed by atoms with Crippen LogP contribution in [-0.4, -0.2) is 20.5 Å². The summed E-state index contributed by atoms with van der Waals surface area (Å²) in [6.45, 7) is 5.16. The molecule has 0 atom stereocenters. The van der Waals surface area contributed by atoms with Crippen molar-refractivity contribution in [1.29, 1.82) is 0 Å². The lowest BCUT2D eigenvalue weighted by Gasteiger charge is -2.14. The summed E-state index contributed by atoms with van der Waals surface area (Å²) in [6.07, 6.45) is 7.84. The molecule has 0 bridgehead atoms. The molecule has 0 fully saturated rings. The van der Waals surface area contributed by atoms with Gasteiger partial charge in [-0.05, 0) is 31.4 Å². The van der Waals surface area contributed by atoms with Crippen LogP contribution in [0.3, 0.4) is 0 Å². The predicted molar refractivity (Wildman–Crippen MR) is 87.3 cm³/mol. The van der Waals surface area contributed by atoms with Gasteiger partial charge in [0.2, 0.25) is 0 Å². The van der Waals surface area contributed by atoms with E-state index >= 15 is 0 Å². The first-order valence-corrected chi connectivity index (χ1v) is 7.85. The third kappa shape index (κ3) is 6.67. The molecular formula is C18H28O3. The maximum Gasteiger partial charge on any atom is 0.188 e. The summed E-state index contributed by atoms with van der Waals surface area (Å²) >= 11 is 0. The monoisotopic (exact) mass is 292 g/mol. The molecule has 0 aliphatic carbocycles. The molecule has 0 spiro atoms. The fourth-order valence-corrected chi connectivity index (χ4v) is 2.16. The van der Waals surface area contributed by atoms with Crippen molar-refractivity contribution in [1.82, 2.24) is 0 Å². The third-order valence-corrected chi connectivity index (χ3v) is 3.26. The normalized spacial score (nSPS) is 11.5. The largest absolute Gasteiger partial charge is 0.501 e. The van der Waals surface area contributed by atoms with Gasteiger partial charge in [0.15, 0.2) is 6.79 Å². The van der Waals surface area contributed by atoms with E-state index in [0.717, 1.165) is 17.7 Å². The Hall–Kier alpha value is -1.48. The average molecular weight is 292 g/mol. The molecule has 0 radical (unpaired) electrons. The second-order valence-electron chi connectivity index (χ2n) is 4.96. The summed E-state index contributed by atoms with van der Waals surface area (Å²) in [4.78, 5) is 0. The average Bonchev–Trinajstić information content (AvgIpc) is 2.53. The topological polar surface area (TPSA) is 27.7 Å². The fraction of sp³-hybridized carbons (Fsp3) is 0.556. The summed E-state index contributed by atoms with van der Waals surface area (Å²) in [6, 6.07) is 8.06. The Bertz CT molecular complexity index is 413. The van der Waals surface area contributed by atoms with Crippen LogP contribution in [-0.2, 0) is 9.47 Å². The summed E-state index contributed by atoms with van der Waals surface area (Å²) < 4.78 is 16.2. The van der Waals surface area contributed by atoms with E-state index in [4.69, 9.17) is 14.2 Å². The quantitative estimate of drug-likeness (QED) is 0.326. The van der Waals surface area contributed by atoms with E-state index in [0.29, 0.717) is 6.61 Å². The molecule has 1 aromatic carbocycles. The van der Waals surface area contributed by atoms with Crippen LogP contribution in [0.1, 0.15) is 51.5 Å². The van der Waals surface area contributed by atoms with Crippen LogP contribution in [0, 0.1) is 0 Å². The van der Waals surface area contributed by atoms with Crippen molar-refractivity contribution in [2.45, 2.75) is 46.0 Å². The van der Waals surface area contributed by atoms with Gasteiger partial charge in [0.05, 0.1) is 12.9 Å². The fourth-order valence-electron chi connectivity index (χ4n) is 2.16. The van der Waals surface area contributed by atoms with Crippen LogP contribution in [0.25, 0.3) is 5.57 Å². The Morgan fingerprint density at radius 2 is 1.90 bits per heavy atom. The van der Waals surface area contributed by atoms with Crippen LogP contribution in [0.5, 0.6) is 5.75 Å². The molecule has 3 heteroatoms. The number of allylic oxidation sites excluding steroid dienone is 1. The lowest BCUT2D eigenvalue weighted by Crippen LogP contribution is -2.01. The van der Waals surface area contributed by atoms with Crippen molar-refractivity contribution < 1.29 is 14.2 Å². The van der Waals surface area contributed by atoms with Gasteiger partial charge in [-0.3, -0.25) is 0 Å². The van der Waals surface area contributed by atoms with Crippen LogP contribution in [0.2, 0.25) is 0 Å². The second-order valence-corrected chi connectivity index (χ2v) is 4.96. The van der Waals surface area contributed by atoms with Gasteiger partial charge in [-0.1, -0.05) is 44.4 Å². The first-order valence-electron chi connectivity index (χ1n) is 7.85. The summed E-state index contributed by atoms with van der Waals surface area (Å²) in [7, 11) is 1.63. The van der Waals surface area contributed by atoms with Crippen molar-refractivity contribution in [2.24, 2.45) is 0 Å². The zero-order valence-electron chi connectivity index (χ0n) is 13.6. The van der Waals surface area contributed by atoms with Gasteiger partial charge in [0.1, 0.15) is 5.75 Å². The zero-order valence-corrected chi connectivity index (χ0v) is 13.6. The van der Waals surface area contributed by atoms with Gasteiger partial charge in [-0.25, -0.2) is 0 Å². The highest BCUT2D eigenvalue weighted by atomic mass is 16.7. The Labute approximate surface area is 128 Å². The van der Waals surface area contributed by atoms with Gasteiger partial charge in [0, 0.05) is 12.7 Å². The number of ether oxygens (including phenoxy) is 3. The van der Waals surface area contributed by atoms with Crippen LogP contribution < -0.4 is 4.74 Å². The first-order chi connectivity index (χ1) is 10.3. The van der Waals surface area contributed by atoms with Gasteiger partial charge in [-0.2, -0.15) is 0 Å². The summed E-state index contributed by atoms with van der Waals surface area (Å²) in [5.74, 6) is 0.848. The first kappa shape index (κ1) is 17.6. The predicted octanol–water partition coefficient (Wildman–Crippen LogP) is 5.02. The van der Waals surface area contributed by atoms with Gasteiger partial charge in [0.25, 0.3) is 0 Å². The Morgan fingerprint density at radius 1 is 1.10 bits per heavy atom. The molecule has 0 aromatic heterocycles. The summed E-state index contributed by atoms with van der Waals surface area (Å²) in [5.41, 5.74) is 2.29. The van der Waals surface area contributed by atoms with Crippen molar-refractivity contribution in [2.75, 3.05) is 20.5 Å². The van der Waals surface area contributed by atoms with Crippen molar-refractivity contribution in [3.05, 3.63) is 36.1 Å². The molecule has 1 rings (SSSR count). The molecule has 0 aliphatic heterocycles. The van der Waals surface area contributed by atoms with E-state index in [9.17, 15) is 0 Å². The maximum atomic E-state index is 5.66. The lowest BCUT2D eigenvalue weighted by molar-refractivity contribution is 0.0509. The Balaban J connectivity index is 2.81. The number of rotatable bonds is 11. The molecule has 0 amide bonds. The molecular weight excluding hydrogens is 264 g/mol. The number of hydrogen-bond acceptors (Lipinski definition) is 3.